The number of aryl methyl sites for hydroxylation is 2. The van der Waals surface area contributed by atoms with Gasteiger partial charge in [0.15, 0.2) is 0 Å². The number of hydrogen-bond donors (Lipinski definition) is 0. The zero-order valence-electron chi connectivity index (χ0n) is 18.7. The van der Waals surface area contributed by atoms with Crippen molar-refractivity contribution in [1.82, 2.24) is 19.2 Å². The maximum absolute atomic E-state index is 13.0. The number of amides is 1. The van der Waals surface area contributed by atoms with Crippen molar-refractivity contribution >= 4 is 15.9 Å². The fourth-order valence-electron chi connectivity index (χ4n) is 4.32. The maximum Gasteiger partial charge on any atom is 0.317 e. The number of hydrogen-bond acceptors (Lipinski definition) is 6. The molecular weight excluding hydrogens is 428 g/mol. The largest absolute Gasteiger partial charge is 0.458 e. The lowest BCUT2D eigenvalue weighted by molar-refractivity contribution is 0.0515. The molecule has 8 nitrogen and oxygen atoms in total. The van der Waals surface area contributed by atoms with Crippen LogP contribution in [0.5, 0.6) is 6.01 Å². The molecule has 2 saturated heterocycles. The Kier molecular flexibility index (Phi) is 6.76. The molecule has 1 aromatic heterocycles. The molecule has 2 fully saturated rings. The van der Waals surface area contributed by atoms with E-state index in [2.05, 4.69) is 9.97 Å². The molecule has 0 bridgehead atoms. The summed E-state index contributed by atoms with van der Waals surface area (Å²) in [6, 6.07) is 8.53. The summed E-state index contributed by atoms with van der Waals surface area (Å²) in [5.41, 5.74) is 2.16. The van der Waals surface area contributed by atoms with Gasteiger partial charge >= 0.3 is 6.01 Å². The van der Waals surface area contributed by atoms with Crippen LogP contribution in [0.2, 0.25) is 0 Å². The van der Waals surface area contributed by atoms with Crippen molar-refractivity contribution in [2.45, 2.75) is 57.0 Å². The van der Waals surface area contributed by atoms with E-state index in [0.29, 0.717) is 37.8 Å². The average Bonchev–Trinajstić information content (AvgIpc) is 2.79. The van der Waals surface area contributed by atoms with Crippen LogP contribution in [0.1, 0.15) is 53.8 Å². The number of benzene rings is 1. The first-order valence-electron chi connectivity index (χ1n) is 11.2. The molecule has 4 rings (SSSR count). The second-order valence-electron chi connectivity index (χ2n) is 8.56. The first-order chi connectivity index (χ1) is 15.3. The van der Waals surface area contributed by atoms with Gasteiger partial charge in [0.2, 0.25) is 10.0 Å². The Balaban J connectivity index is 1.42. The Labute approximate surface area is 189 Å². The Hall–Kier alpha value is -2.52. The zero-order chi connectivity index (χ0) is 22.7. The molecular formula is C23H30N4O4S. The van der Waals surface area contributed by atoms with E-state index < -0.39 is 10.0 Å². The highest BCUT2D eigenvalue weighted by molar-refractivity contribution is 7.89. The minimum atomic E-state index is -3.51. The average molecular weight is 459 g/mol. The van der Waals surface area contributed by atoms with E-state index in [4.69, 9.17) is 4.74 Å². The molecule has 32 heavy (non-hydrogen) atoms. The molecule has 0 radical (unpaired) electrons. The molecule has 172 valence electrons. The van der Waals surface area contributed by atoms with E-state index in [-0.39, 0.29) is 16.9 Å². The van der Waals surface area contributed by atoms with Gasteiger partial charge in [-0.3, -0.25) is 4.79 Å². The highest BCUT2D eigenvalue weighted by Gasteiger charge is 2.28. The van der Waals surface area contributed by atoms with Gasteiger partial charge in [0.1, 0.15) is 6.10 Å². The summed E-state index contributed by atoms with van der Waals surface area (Å²) >= 11 is 0. The highest BCUT2D eigenvalue weighted by Crippen LogP contribution is 2.22. The van der Waals surface area contributed by atoms with Crippen LogP contribution < -0.4 is 4.74 Å². The predicted octanol–water partition coefficient (Wildman–Crippen LogP) is 2.95. The molecule has 0 N–H and O–H groups in total. The molecule has 0 spiro atoms. The van der Waals surface area contributed by atoms with E-state index in [1.54, 1.807) is 29.2 Å². The number of carbonyl (C=O) groups is 1. The van der Waals surface area contributed by atoms with Gasteiger partial charge in [0.05, 0.1) is 11.4 Å². The predicted molar refractivity (Wildman–Crippen MR) is 120 cm³/mol. The van der Waals surface area contributed by atoms with Crippen molar-refractivity contribution in [2.75, 3.05) is 26.2 Å². The van der Waals surface area contributed by atoms with Crippen molar-refractivity contribution in [3.8, 4) is 6.01 Å². The van der Waals surface area contributed by atoms with Gasteiger partial charge in [-0.2, -0.15) is 4.31 Å². The molecule has 1 aromatic carbocycles. The number of rotatable bonds is 5. The number of ether oxygens (including phenoxy) is 1. The van der Waals surface area contributed by atoms with Gasteiger partial charge in [-0.15, -0.1) is 0 Å². The lowest BCUT2D eigenvalue weighted by Crippen LogP contribution is -2.44. The number of nitrogens with zero attached hydrogens (tertiary/aromatic N) is 4. The molecule has 0 aliphatic carbocycles. The lowest BCUT2D eigenvalue weighted by Gasteiger charge is -2.32. The van der Waals surface area contributed by atoms with Crippen molar-refractivity contribution in [3.63, 3.8) is 0 Å². The number of sulfonamides is 1. The molecule has 3 heterocycles. The summed E-state index contributed by atoms with van der Waals surface area (Å²) in [5, 5.41) is 0. The van der Waals surface area contributed by atoms with Crippen LogP contribution in [0, 0.1) is 13.8 Å². The van der Waals surface area contributed by atoms with Crippen molar-refractivity contribution in [1.29, 1.82) is 0 Å². The summed E-state index contributed by atoms with van der Waals surface area (Å²) < 4.78 is 33.2. The van der Waals surface area contributed by atoms with Gasteiger partial charge in [-0.1, -0.05) is 6.42 Å². The van der Waals surface area contributed by atoms with Crippen LogP contribution in [0.3, 0.4) is 0 Å². The smallest absolute Gasteiger partial charge is 0.317 e. The highest BCUT2D eigenvalue weighted by atomic mass is 32.2. The second-order valence-corrected chi connectivity index (χ2v) is 10.5. The summed E-state index contributed by atoms with van der Waals surface area (Å²) in [6.07, 6.45) is 4.32. The van der Waals surface area contributed by atoms with E-state index >= 15 is 0 Å². The van der Waals surface area contributed by atoms with E-state index in [9.17, 15) is 13.2 Å². The quantitative estimate of drug-likeness (QED) is 0.684. The van der Waals surface area contributed by atoms with Gasteiger partial charge in [0.25, 0.3) is 5.91 Å². The third-order valence-corrected chi connectivity index (χ3v) is 7.87. The summed E-state index contributed by atoms with van der Waals surface area (Å²) in [5.74, 6) is -0.124. The SMILES string of the molecule is Cc1cc(C)nc(OC2CCCN(C(=O)c3ccc(S(=O)(=O)N4CCCCC4)cc3)C2)n1. The van der Waals surface area contributed by atoms with Crippen LogP contribution in [0.15, 0.2) is 35.2 Å². The van der Waals surface area contributed by atoms with Crippen molar-refractivity contribution in [2.24, 2.45) is 0 Å². The van der Waals surface area contributed by atoms with Crippen molar-refractivity contribution < 1.29 is 17.9 Å². The maximum atomic E-state index is 13.0. The van der Waals surface area contributed by atoms with Gasteiger partial charge in [-0.25, -0.2) is 18.4 Å². The van der Waals surface area contributed by atoms with Crippen LogP contribution in [-0.4, -0.2) is 65.8 Å². The van der Waals surface area contributed by atoms with Gasteiger partial charge in [-0.05, 0) is 69.9 Å². The van der Waals surface area contributed by atoms with Crippen LogP contribution >= 0.6 is 0 Å². The van der Waals surface area contributed by atoms with E-state index in [0.717, 1.165) is 43.5 Å². The molecule has 1 unspecified atom stereocenters. The molecule has 1 atom stereocenters. The molecule has 0 saturated carbocycles. The number of piperidine rings is 2. The molecule has 9 heteroatoms. The molecule has 2 aliphatic rings. The van der Waals surface area contributed by atoms with Crippen LogP contribution in [0.4, 0.5) is 0 Å². The topological polar surface area (TPSA) is 92.7 Å². The van der Waals surface area contributed by atoms with Gasteiger partial charge < -0.3 is 9.64 Å². The minimum Gasteiger partial charge on any atom is -0.458 e. The minimum absolute atomic E-state index is 0.124. The third kappa shape index (κ3) is 5.10. The fourth-order valence-corrected chi connectivity index (χ4v) is 5.84. The standard InChI is InChI=1S/C23H30N4O4S/c1-17-15-18(2)25-23(24-17)31-20-7-6-12-26(16-20)22(28)19-8-10-21(11-9-19)32(29,30)27-13-4-3-5-14-27/h8-11,15,20H,3-7,12-14,16H2,1-2H3. The monoisotopic (exact) mass is 458 g/mol. The summed E-state index contributed by atoms with van der Waals surface area (Å²) in [7, 11) is -3.51. The summed E-state index contributed by atoms with van der Waals surface area (Å²) in [6.45, 7) is 5.99. The molecule has 2 aromatic rings. The third-order valence-electron chi connectivity index (χ3n) is 5.95. The number of aromatic nitrogens is 2. The normalized spacial score (nSPS) is 20.2. The van der Waals surface area contributed by atoms with E-state index in [1.165, 1.54) is 4.31 Å². The molecule has 2 aliphatic heterocycles. The molecule has 1 amide bonds. The van der Waals surface area contributed by atoms with E-state index in [1.807, 2.05) is 19.9 Å². The fraction of sp³-hybridized carbons (Fsp3) is 0.522. The van der Waals surface area contributed by atoms with Crippen LogP contribution in [0.25, 0.3) is 0 Å². The van der Waals surface area contributed by atoms with Crippen LogP contribution in [-0.2, 0) is 10.0 Å². The van der Waals surface area contributed by atoms with Gasteiger partial charge in [0, 0.05) is 36.6 Å². The Morgan fingerprint density at radius 2 is 1.62 bits per heavy atom. The first kappa shape index (κ1) is 22.7. The summed E-state index contributed by atoms with van der Waals surface area (Å²) in [4.78, 5) is 23.7. The Bertz CT molecular complexity index is 1050. The zero-order valence-corrected chi connectivity index (χ0v) is 19.5. The Morgan fingerprint density at radius 3 is 2.28 bits per heavy atom. The number of likely N-dealkylation sites (tertiary alicyclic amines) is 1. The first-order valence-corrected chi connectivity index (χ1v) is 12.7. The number of carbonyl (C=O) groups excluding carboxylic acids is 1. The van der Waals surface area contributed by atoms with Crippen molar-refractivity contribution in [3.05, 3.63) is 47.3 Å². The second kappa shape index (κ2) is 9.54. The lowest BCUT2D eigenvalue weighted by atomic mass is 10.1. The Morgan fingerprint density at radius 1 is 0.969 bits per heavy atom.